The number of rotatable bonds is 4. The van der Waals surface area contributed by atoms with Crippen LogP contribution in [0.2, 0.25) is 0 Å². The minimum absolute atomic E-state index is 0.147. The minimum atomic E-state index is 0.147. The van der Waals surface area contributed by atoms with Crippen LogP contribution in [0, 0.1) is 0 Å². The quantitative estimate of drug-likeness (QED) is 0.759. The van der Waals surface area contributed by atoms with Gasteiger partial charge in [0.1, 0.15) is 0 Å². The molecular formula is C14H25N3O2. The highest BCUT2D eigenvalue weighted by Gasteiger charge is 2.29. The van der Waals surface area contributed by atoms with Gasteiger partial charge in [-0.15, -0.1) is 0 Å². The van der Waals surface area contributed by atoms with E-state index in [-0.39, 0.29) is 12.0 Å². The molecule has 3 atom stereocenters. The Morgan fingerprint density at radius 2 is 2.16 bits per heavy atom. The molecular weight excluding hydrogens is 242 g/mol. The highest BCUT2D eigenvalue weighted by Crippen LogP contribution is 2.20. The summed E-state index contributed by atoms with van der Waals surface area (Å²) in [5.41, 5.74) is 0. The predicted octanol–water partition coefficient (Wildman–Crippen LogP) is 0.108. The summed E-state index contributed by atoms with van der Waals surface area (Å²) in [6.45, 7) is 4.13. The number of nitrogens with one attached hydrogen (secondary N) is 2. The summed E-state index contributed by atoms with van der Waals surface area (Å²) >= 11 is 0. The van der Waals surface area contributed by atoms with Crippen molar-refractivity contribution in [3.05, 3.63) is 0 Å². The fraction of sp³-hybridized carbons (Fsp3) is 0.929. The van der Waals surface area contributed by atoms with Gasteiger partial charge in [0, 0.05) is 38.3 Å². The fourth-order valence-corrected chi connectivity index (χ4v) is 3.45. The lowest BCUT2D eigenvalue weighted by atomic mass is 10.1. The van der Waals surface area contributed by atoms with Gasteiger partial charge < -0.3 is 15.4 Å². The molecule has 19 heavy (non-hydrogen) atoms. The molecule has 3 fully saturated rings. The lowest BCUT2D eigenvalue weighted by molar-refractivity contribution is -0.122. The topological polar surface area (TPSA) is 53.6 Å². The smallest absolute Gasteiger partial charge is 0.234 e. The van der Waals surface area contributed by atoms with Crippen LogP contribution >= 0.6 is 0 Å². The molecule has 2 bridgehead atoms. The van der Waals surface area contributed by atoms with Gasteiger partial charge >= 0.3 is 0 Å². The number of fused-ring (bicyclic) bond motifs is 2. The summed E-state index contributed by atoms with van der Waals surface area (Å²) in [7, 11) is 0. The highest BCUT2D eigenvalue weighted by molar-refractivity contribution is 5.78. The van der Waals surface area contributed by atoms with Crippen LogP contribution in [-0.2, 0) is 9.53 Å². The summed E-state index contributed by atoms with van der Waals surface area (Å²) in [5, 5.41) is 6.65. The Bertz CT molecular complexity index is 318. The summed E-state index contributed by atoms with van der Waals surface area (Å²) in [5.74, 6) is 0.147. The van der Waals surface area contributed by atoms with E-state index in [9.17, 15) is 4.79 Å². The van der Waals surface area contributed by atoms with Crippen molar-refractivity contribution in [2.45, 2.75) is 50.3 Å². The number of hydrogen-bond acceptors (Lipinski definition) is 4. The molecule has 0 aliphatic carbocycles. The summed E-state index contributed by atoms with van der Waals surface area (Å²) < 4.78 is 5.52. The Kier molecular flexibility index (Phi) is 4.35. The van der Waals surface area contributed by atoms with Crippen molar-refractivity contribution in [3.63, 3.8) is 0 Å². The number of amides is 1. The lowest BCUT2D eigenvalue weighted by Crippen LogP contribution is -2.43. The zero-order valence-corrected chi connectivity index (χ0v) is 11.6. The van der Waals surface area contributed by atoms with Gasteiger partial charge in [-0.25, -0.2) is 0 Å². The van der Waals surface area contributed by atoms with Crippen molar-refractivity contribution in [1.29, 1.82) is 0 Å². The molecule has 108 valence electrons. The van der Waals surface area contributed by atoms with Crippen molar-refractivity contribution in [2.75, 3.05) is 32.8 Å². The second kappa shape index (κ2) is 6.20. The van der Waals surface area contributed by atoms with Crippen LogP contribution in [0.1, 0.15) is 32.1 Å². The normalized spacial score (nSPS) is 35.3. The van der Waals surface area contributed by atoms with E-state index in [1.54, 1.807) is 0 Å². The van der Waals surface area contributed by atoms with Crippen molar-refractivity contribution in [3.8, 4) is 0 Å². The van der Waals surface area contributed by atoms with Crippen LogP contribution in [0.25, 0.3) is 0 Å². The number of carbonyl (C=O) groups is 1. The molecule has 0 saturated carbocycles. The average molecular weight is 267 g/mol. The predicted molar refractivity (Wildman–Crippen MR) is 73.0 cm³/mol. The molecule has 1 amide bonds. The maximum atomic E-state index is 12.0. The molecule has 0 radical (unpaired) electrons. The molecule has 0 aromatic carbocycles. The van der Waals surface area contributed by atoms with E-state index in [1.807, 2.05) is 0 Å². The fourth-order valence-electron chi connectivity index (χ4n) is 3.45. The van der Waals surface area contributed by atoms with Crippen LogP contribution in [0.15, 0.2) is 0 Å². The summed E-state index contributed by atoms with van der Waals surface area (Å²) in [6, 6.07) is 1.28. The third-order valence-corrected chi connectivity index (χ3v) is 4.53. The van der Waals surface area contributed by atoms with Gasteiger partial charge in [0.2, 0.25) is 5.91 Å². The van der Waals surface area contributed by atoms with Gasteiger partial charge in [-0.1, -0.05) is 0 Å². The standard InChI is InChI=1S/C14H25N3O2/c18-14(15-8-13-2-1-7-19-13)10-17-6-5-11-3-4-12(9-17)16-11/h11-13,16H,1-10H2,(H,15,18)/t11-,12+,13-/m1/s1. The zero-order valence-electron chi connectivity index (χ0n) is 11.6. The van der Waals surface area contributed by atoms with Crippen molar-refractivity contribution < 1.29 is 9.53 Å². The maximum Gasteiger partial charge on any atom is 0.234 e. The van der Waals surface area contributed by atoms with Crippen molar-refractivity contribution in [2.24, 2.45) is 0 Å². The average Bonchev–Trinajstić information content (AvgIpc) is 2.99. The number of hydrogen-bond donors (Lipinski definition) is 2. The van der Waals surface area contributed by atoms with Crippen molar-refractivity contribution >= 4 is 5.91 Å². The largest absolute Gasteiger partial charge is 0.376 e. The first-order valence-electron chi connectivity index (χ1n) is 7.66. The molecule has 3 aliphatic heterocycles. The van der Waals surface area contributed by atoms with Gasteiger partial charge in [-0.2, -0.15) is 0 Å². The van der Waals surface area contributed by atoms with E-state index in [2.05, 4.69) is 15.5 Å². The molecule has 2 N–H and O–H groups in total. The van der Waals surface area contributed by atoms with Gasteiger partial charge in [0.25, 0.3) is 0 Å². The molecule has 0 spiro atoms. The molecule has 3 heterocycles. The zero-order chi connectivity index (χ0) is 13.1. The third kappa shape index (κ3) is 3.68. The van der Waals surface area contributed by atoms with Gasteiger partial charge in [0.15, 0.2) is 0 Å². The van der Waals surface area contributed by atoms with Crippen LogP contribution in [0.4, 0.5) is 0 Å². The maximum absolute atomic E-state index is 12.0. The number of nitrogens with zero attached hydrogens (tertiary/aromatic N) is 1. The highest BCUT2D eigenvalue weighted by atomic mass is 16.5. The minimum Gasteiger partial charge on any atom is -0.376 e. The van der Waals surface area contributed by atoms with Gasteiger partial charge in [-0.3, -0.25) is 9.69 Å². The third-order valence-electron chi connectivity index (χ3n) is 4.53. The second-order valence-corrected chi connectivity index (χ2v) is 6.10. The van der Waals surface area contributed by atoms with Gasteiger partial charge in [0.05, 0.1) is 12.6 Å². The first kappa shape index (κ1) is 13.3. The Hall–Kier alpha value is -0.650. The van der Waals surface area contributed by atoms with E-state index in [0.29, 0.717) is 25.2 Å². The number of likely N-dealkylation sites (tertiary alicyclic amines) is 1. The molecule has 0 aromatic heterocycles. The van der Waals surface area contributed by atoms with Gasteiger partial charge in [-0.05, 0) is 32.1 Å². The van der Waals surface area contributed by atoms with Crippen LogP contribution in [-0.4, -0.2) is 61.8 Å². The van der Waals surface area contributed by atoms with E-state index in [0.717, 1.165) is 32.5 Å². The second-order valence-electron chi connectivity index (χ2n) is 6.10. The lowest BCUT2D eigenvalue weighted by Gasteiger charge is -2.23. The summed E-state index contributed by atoms with van der Waals surface area (Å²) in [6.07, 6.45) is 6.20. The Balaban J connectivity index is 1.39. The monoisotopic (exact) mass is 267 g/mol. The van der Waals surface area contributed by atoms with E-state index >= 15 is 0 Å². The molecule has 5 heteroatoms. The van der Waals surface area contributed by atoms with E-state index < -0.39 is 0 Å². The Morgan fingerprint density at radius 1 is 1.26 bits per heavy atom. The van der Waals surface area contributed by atoms with Crippen LogP contribution in [0.5, 0.6) is 0 Å². The number of carbonyl (C=O) groups excluding carboxylic acids is 1. The molecule has 5 nitrogen and oxygen atoms in total. The molecule has 3 aliphatic rings. The molecule has 0 aromatic rings. The van der Waals surface area contributed by atoms with Crippen molar-refractivity contribution in [1.82, 2.24) is 15.5 Å². The van der Waals surface area contributed by atoms with E-state index in [1.165, 1.54) is 19.3 Å². The first-order valence-corrected chi connectivity index (χ1v) is 7.66. The molecule has 3 rings (SSSR count). The molecule has 3 saturated heterocycles. The van der Waals surface area contributed by atoms with E-state index in [4.69, 9.17) is 4.74 Å². The van der Waals surface area contributed by atoms with Crippen LogP contribution in [0.3, 0.4) is 0 Å². The first-order chi connectivity index (χ1) is 9.29. The molecule has 0 unspecified atom stereocenters. The Morgan fingerprint density at radius 3 is 3.00 bits per heavy atom. The van der Waals surface area contributed by atoms with Crippen LogP contribution < -0.4 is 10.6 Å². The summed E-state index contributed by atoms with van der Waals surface area (Å²) in [4.78, 5) is 14.3. The number of ether oxygens (including phenoxy) is 1. The Labute approximate surface area is 115 Å². The SMILES string of the molecule is O=C(CN1CC[C@H]2CC[C@@H](C1)N2)NC[C@H]1CCCO1.